The molecule has 2 nitrogen and oxygen atoms in total. The van der Waals surface area contributed by atoms with Crippen LogP contribution in [-0.4, -0.2) is 6.04 Å². The van der Waals surface area contributed by atoms with E-state index in [1.54, 1.807) is 6.07 Å². The zero-order chi connectivity index (χ0) is 12.3. The molecule has 0 saturated heterocycles. The Kier molecular flexibility index (Phi) is 3.91. The quantitative estimate of drug-likeness (QED) is 0.870. The van der Waals surface area contributed by atoms with Gasteiger partial charge in [0.2, 0.25) is 0 Å². The minimum absolute atomic E-state index is 0.533. The van der Waals surface area contributed by atoms with Gasteiger partial charge in [0.15, 0.2) is 0 Å². The van der Waals surface area contributed by atoms with Crippen molar-refractivity contribution in [3.8, 4) is 6.07 Å². The second-order valence-corrected chi connectivity index (χ2v) is 5.06. The topological polar surface area (TPSA) is 35.8 Å². The van der Waals surface area contributed by atoms with E-state index >= 15 is 0 Å². The number of hydrogen-bond donors (Lipinski definition) is 1. The number of nitrogens with one attached hydrogen (secondary N) is 1. The Morgan fingerprint density at radius 3 is 2.94 bits per heavy atom. The first-order valence-electron chi connectivity index (χ1n) is 6.20. The standard InChI is InChI=1S/C14H17ClN2/c1-2-11-4-3-5-13(11)17-14-7-6-10(9-16)8-12(14)15/h6-8,11,13,17H,2-5H2,1H3. The van der Waals surface area contributed by atoms with E-state index in [2.05, 4.69) is 18.3 Å². The van der Waals surface area contributed by atoms with Crippen LogP contribution in [0.25, 0.3) is 0 Å². The van der Waals surface area contributed by atoms with Gasteiger partial charge in [0.1, 0.15) is 0 Å². The van der Waals surface area contributed by atoms with Crippen LogP contribution >= 0.6 is 11.6 Å². The molecular weight excluding hydrogens is 232 g/mol. The van der Waals surface area contributed by atoms with Crippen LogP contribution in [0.1, 0.15) is 38.2 Å². The SMILES string of the molecule is CCC1CCCC1Nc1ccc(C#N)cc1Cl. The van der Waals surface area contributed by atoms with E-state index in [9.17, 15) is 0 Å². The molecule has 1 aromatic carbocycles. The van der Waals surface area contributed by atoms with E-state index in [-0.39, 0.29) is 0 Å². The minimum atomic E-state index is 0.533. The molecule has 0 amide bonds. The molecule has 3 heteroatoms. The summed E-state index contributed by atoms with van der Waals surface area (Å²) in [5.74, 6) is 0.752. The minimum Gasteiger partial charge on any atom is -0.381 e. The highest BCUT2D eigenvalue weighted by molar-refractivity contribution is 6.33. The van der Waals surface area contributed by atoms with Gasteiger partial charge in [-0.3, -0.25) is 0 Å². The van der Waals surface area contributed by atoms with Crippen molar-refractivity contribution in [2.24, 2.45) is 5.92 Å². The molecule has 0 bridgehead atoms. The first-order valence-corrected chi connectivity index (χ1v) is 6.58. The third kappa shape index (κ3) is 2.73. The fourth-order valence-electron chi connectivity index (χ4n) is 2.62. The van der Waals surface area contributed by atoms with Crippen molar-refractivity contribution < 1.29 is 0 Å². The normalized spacial score (nSPS) is 23.4. The molecule has 17 heavy (non-hydrogen) atoms. The number of benzene rings is 1. The highest BCUT2D eigenvalue weighted by Gasteiger charge is 2.25. The lowest BCUT2D eigenvalue weighted by atomic mass is 10.0. The molecule has 1 aliphatic rings. The number of hydrogen-bond acceptors (Lipinski definition) is 2. The van der Waals surface area contributed by atoms with Crippen molar-refractivity contribution in [2.75, 3.05) is 5.32 Å². The van der Waals surface area contributed by atoms with E-state index in [1.807, 2.05) is 12.1 Å². The molecule has 90 valence electrons. The van der Waals surface area contributed by atoms with Gasteiger partial charge in [-0.15, -0.1) is 0 Å². The van der Waals surface area contributed by atoms with E-state index < -0.39 is 0 Å². The number of nitriles is 1. The van der Waals surface area contributed by atoms with Crippen molar-refractivity contribution in [3.05, 3.63) is 28.8 Å². The molecule has 0 aliphatic heterocycles. The van der Waals surface area contributed by atoms with Crippen LogP contribution in [0.15, 0.2) is 18.2 Å². The summed E-state index contributed by atoms with van der Waals surface area (Å²) in [6.07, 6.45) is 5.03. The smallest absolute Gasteiger partial charge is 0.0992 e. The second-order valence-electron chi connectivity index (χ2n) is 4.66. The maximum absolute atomic E-state index is 8.79. The predicted molar refractivity (Wildman–Crippen MR) is 71.2 cm³/mol. The Bertz CT molecular complexity index is 436. The molecule has 0 heterocycles. The van der Waals surface area contributed by atoms with Gasteiger partial charge in [-0.2, -0.15) is 5.26 Å². The van der Waals surface area contributed by atoms with Gasteiger partial charge in [0.25, 0.3) is 0 Å². The van der Waals surface area contributed by atoms with Crippen LogP contribution in [0.3, 0.4) is 0 Å². The van der Waals surface area contributed by atoms with Crippen molar-refractivity contribution in [1.82, 2.24) is 0 Å². The maximum Gasteiger partial charge on any atom is 0.0992 e. The van der Waals surface area contributed by atoms with Gasteiger partial charge in [0, 0.05) is 6.04 Å². The molecule has 2 rings (SSSR count). The van der Waals surface area contributed by atoms with Crippen LogP contribution in [0.4, 0.5) is 5.69 Å². The fraction of sp³-hybridized carbons (Fsp3) is 0.500. The zero-order valence-electron chi connectivity index (χ0n) is 10.0. The summed E-state index contributed by atoms with van der Waals surface area (Å²) >= 11 is 6.16. The molecule has 1 fully saturated rings. The lowest BCUT2D eigenvalue weighted by Crippen LogP contribution is -2.23. The molecule has 1 aromatic rings. The van der Waals surface area contributed by atoms with Crippen molar-refractivity contribution in [1.29, 1.82) is 5.26 Å². The number of anilines is 1. The predicted octanol–water partition coefficient (Wildman–Crippen LogP) is 4.20. The van der Waals surface area contributed by atoms with Crippen LogP contribution < -0.4 is 5.32 Å². The summed E-state index contributed by atoms with van der Waals surface area (Å²) in [5.41, 5.74) is 1.56. The summed E-state index contributed by atoms with van der Waals surface area (Å²) in [6, 6.07) is 8.07. The van der Waals surface area contributed by atoms with Crippen molar-refractivity contribution in [2.45, 2.75) is 38.6 Å². The summed E-state index contributed by atoms with van der Waals surface area (Å²) in [4.78, 5) is 0. The summed E-state index contributed by atoms with van der Waals surface area (Å²) in [6.45, 7) is 2.24. The molecule has 1 N–H and O–H groups in total. The Balaban J connectivity index is 2.11. The zero-order valence-corrected chi connectivity index (χ0v) is 10.8. The van der Waals surface area contributed by atoms with Crippen LogP contribution in [0.2, 0.25) is 5.02 Å². The molecule has 2 unspecified atom stereocenters. The fourth-order valence-corrected chi connectivity index (χ4v) is 2.85. The first kappa shape index (κ1) is 12.3. The molecule has 0 aromatic heterocycles. The largest absolute Gasteiger partial charge is 0.381 e. The second kappa shape index (κ2) is 5.42. The maximum atomic E-state index is 8.79. The third-order valence-corrected chi connectivity index (χ3v) is 3.94. The number of halogens is 1. The van der Waals surface area contributed by atoms with Crippen LogP contribution in [-0.2, 0) is 0 Å². The highest BCUT2D eigenvalue weighted by Crippen LogP contribution is 2.33. The van der Waals surface area contributed by atoms with Crippen LogP contribution in [0.5, 0.6) is 0 Å². The average Bonchev–Trinajstić information content (AvgIpc) is 2.79. The number of rotatable bonds is 3. The molecule has 1 aliphatic carbocycles. The lowest BCUT2D eigenvalue weighted by Gasteiger charge is -2.21. The molecule has 0 radical (unpaired) electrons. The molecule has 0 spiro atoms. The van der Waals surface area contributed by atoms with Gasteiger partial charge < -0.3 is 5.32 Å². The van der Waals surface area contributed by atoms with Gasteiger partial charge in [-0.25, -0.2) is 0 Å². The van der Waals surface area contributed by atoms with Gasteiger partial charge >= 0.3 is 0 Å². The van der Waals surface area contributed by atoms with Crippen molar-refractivity contribution in [3.63, 3.8) is 0 Å². The number of nitrogens with zero attached hydrogens (tertiary/aromatic N) is 1. The van der Waals surface area contributed by atoms with Crippen LogP contribution in [0, 0.1) is 17.2 Å². The third-order valence-electron chi connectivity index (χ3n) is 3.62. The Morgan fingerprint density at radius 2 is 2.29 bits per heavy atom. The Labute approximate surface area is 108 Å². The highest BCUT2D eigenvalue weighted by atomic mass is 35.5. The van der Waals surface area contributed by atoms with E-state index in [0.29, 0.717) is 16.6 Å². The average molecular weight is 249 g/mol. The van der Waals surface area contributed by atoms with E-state index in [1.165, 1.54) is 25.7 Å². The van der Waals surface area contributed by atoms with Crippen molar-refractivity contribution >= 4 is 17.3 Å². The molecule has 1 saturated carbocycles. The summed E-state index contributed by atoms with van der Waals surface area (Å²) in [5, 5.41) is 13.0. The summed E-state index contributed by atoms with van der Waals surface area (Å²) < 4.78 is 0. The Hall–Kier alpha value is -1.20. The molecule has 2 atom stereocenters. The monoisotopic (exact) mass is 248 g/mol. The first-order chi connectivity index (χ1) is 8.24. The van der Waals surface area contributed by atoms with Gasteiger partial charge in [-0.1, -0.05) is 31.4 Å². The van der Waals surface area contributed by atoms with Gasteiger partial charge in [-0.05, 0) is 37.0 Å². The van der Waals surface area contributed by atoms with Gasteiger partial charge in [0.05, 0.1) is 22.3 Å². The van der Waals surface area contributed by atoms with E-state index in [4.69, 9.17) is 16.9 Å². The lowest BCUT2D eigenvalue weighted by molar-refractivity contribution is 0.489. The van der Waals surface area contributed by atoms with E-state index in [0.717, 1.165) is 11.6 Å². The summed E-state index contributed by atoms with van der Waals surface area (Å²) in [7, 11) is 0. The Morgan fingerprint density at radius 1 is 1.47 bits per heavy atom. The molecular formula is C14H17ClN2.